The maximum atomic E-state index is 12.4. The molecule has 0 saturated carbocycles. The van der Waals surface area contributed by atoms with Gasteiger partial charge in [0.05, 0.1) is 11.6 Å². The van der Waals surface area contributed by atoms with Gasteiger partial charge in [0.1, 0.15) is 11.6 Å². The Labute approximate surface area is 177 Å². The van der Waals surface area contributed by atoms with Crippen LogP contribution in [0, 0.1) is 11.3 Å². The molecule has 0 spiro atoms. The number of benzene rings is 2. The van der Waals surface area contributed by atoms with Crippen LogP contribution in [0.15, 0.2) is 42.0 Å². The van der Waals surface area contributed by atoms with Crippen molar-refractivity contribution in [2.45, 2.75) is 6.92 Å². The molecule has 9 heteroatoms. The highest BCUT2D eigenvalue weighted by molar-refractivity contribution is 6.32. The van der Waals surface area contributed by atoms with Crippen LogP contribution in [0.2, 0.25) is 10.0 Å². The molecule has 0 unspecified atom stereocenters. The molecule has 0 radical (unpaired) electrons. The molecule has 0 heterocycles. The highest BCUT2D eigenvalue weighted by Gasteiger charge is 2.15. The first-order valence-electron chi connectivity index (χ1n) is 8.40. The number of anilines is 1. The molecule has 0 aliphatic rings. The lowest BCUT2D eigenvalue weighted by molar-refractivity contribution is -0.120. The summed E-state index contributed by atoms with van der Waals surface area (Å²) in [6.45, 7) is 1.69. The average Bonchev–Trinajstić information content (AvgIpc) is 2.65. The van der Waals surface area contributed by atoms with E-state index in [4.69, 9.17) is 38.4 Å². The van der Waals surface area contributed by atoms with E-state index in [0.29, 0.717) is 22.9 Å². The van der Waals surface area contributed by atoms with Gasteiger partial charge in [0, 0.05) is 10.7 Å². The molecule has 2 rings (SSSR count). The van der Waals surface area contributed by atoms with Crippen LogP contribution in [0.4, 0.5) is 5.69 Å². The zero-order valence-corrected chi connectivity index (χ0v) is 16.9. The highest BCUT2D eigenvalue weighted by Crippen LogP contribution is 2.37. The summed E-state index contributed by atoms with van der Waals surface area (Å²) in [6, 6.07) is 11.4. The molecule has 7 nitrogen and oxygen atoms in total. The van der Waals surface area contributed by atoms with Crippen LogP contribution in [-0.2, 0) is 9.59 Å². The van der Waals surface area contributed by atoms with E-state index in [0.717, 1.165) is 0 Å². The average molecular weight is 434 g/mol. The molecular weight excluding hydrogens is 417 g/mol. The first-order chi connectivity index (χ1) is 13.8. The molecule has 2 aromatic rings. The van der Waals surface area contributed by atoms with Gasteiger partial charge >= 0.3 is 0 Å². The van der Waals surface area contributed by atoms with E-state index in [1.54, 1.807) is 31.2 Å². The van der Waals surface area contributed by atoms with Crippen LogP contribution in [-0.4, -0.2) is 25.0 Å². The van der Waals surface area contributed by atoms with Crippen LogP contribution in [0.5, 0.6) is 11.5 Å². The predicted octanol–water partition coefficient (Wildman–Crippen LogP) is 3.80. The lowest BCUT2D eigenvalue weighted by Gasteiger charge is -2.13. The van der Waals surface area contributed by atoms with Gasteiger partial charge in [0.2, 0.25) is 0 Å². The number of rotatable bonds is 8. The van der Waals surface area contributed by atoms with Gasteiger partial charge in [0.15, 0.2) is 18.1 Å². The Morgan fingerprint density at radius 2 is 2.00 bits per heavy atom. The second-order valence-corrected chi connectivity index (χ2v) is 6.50. The molecular formula is C20H17Cl2N3O4. The largest absolute Gasteiger partial charge is 0.490 e. The Hall–Kier alpha value is -3.21. The Balaban J connectivity index is 2.33. The number of hydrogen-bond acceptors (Lipinski definition) is 5. The number of nitriles is 1. The summed E-state index contributed by atoms with van der Waals surface area (Å²) in [7, 11) is 0. The van der Waals surface area contributed by atoms with Crippen molar-refractivity contribution < 1.29 is 19.1 Å². The predicted molar refractivity (Wildman–Crippen MR) is 111 cm³/mol. The van der Waals surface area contributed by atoms with Crippen LogP contribution in [0.1, 0.15) is 12.5 Å². The molecule has 0 bridgehead atoms. The van der Waals surface area contributed by atoms with Crippen LogP contribution < -0.4 is 20.5 Å². The molecule has 0 aromatic heterocycles. The van der Waals surface area contributed by atoms with Crippen molar-refractivity contribution in [2.24, 2.45) is 5.73 Å². The SMILES string of the molecule is CCOc1cc(/C=C(\C#N)C(=O)Nc2cccc(Cl)c2)cc(Cl)c1OCC(N)=O. The molecule has 2 amide bonds. The number of amides is 2. The summed E-state index contributed by atoms with van der Waals surface area (Å²) in [5.74, 6) is -0.888. The van der Waals surface area contributed by atoms with Gasteiger partial charge in [-0.3, -0.25) is 9.59 Å². The quantitative estimate of drug-likeness (QED) is 0.485. The third-order valence-electron chi connectivity index (χ3n) is 3.45. The van der Waals surface area contributed by atoms with Gasteiger partial charge in [-0.1, -0.05) is 29.3 Å². The van der Waals surface area contributed by atoms with Gasteiger partial charge in [-0.05, 0) is 48.9 Å². The van der Waals surface area contributed by atoms with Gasteiger partial charge in [-0.15, -0.1) is 0 Å². The number of carbonyl (C=O) groups is 2. The van der Waals surface area contributed by atoms with Gasteiger partial charge < -0.3 is 20.5 Å². The zero-order valence-electron chi connectivity index (χ0n) is 15.4. The van der Waals surface area contributed by atoms with E-state index in [2.05, 4.69) is 5.32 Å². The van der Waals surface area contributed by atoms with E-state index in [1.807, 2.05) is 6.07 Å². The van der Waals surface area contributed by atoms with Crippen molar-refractivity contribution in [1.82, 2.24) is 0 Å². The van der Waals surface area contributed by atoms with Gasteiger partial charge in [-0.2, -0.15) is 5.26 Å². The summed E-state index contributed by atoms with van der Waals surface area (Å²) in [5.41, 5.74) is 5.81. The molecule has 0 aliphatic heterocycles. The van der Waals surface area contributed by atoms with Crippen LogP contribution in [0.25, 0.3) is 6.08 Å². The fraction of sp³-hybridized carbons (Fsp3) is 0.150. The summed E-state index contributed by atoms with van der Waals surface area (Å²) in [5, 5.41) is 12.6. The lowest BCUT2D eigenvalue weighted by atomic mass is 10.1. The van der Waals surface area contributed by atoms with E-state index in [-0.39, 0.29) is 28.7 Å². The second kappa shape index (κ2) is 10.4. The molecule has 0 saturated heterocycles. The van der Waals surface area contributed by atoms with E-state index >= 15 is 0 Å². The number of nitrogens with zero attached hydrogens (tertiary/aromatic N) is 1. The molecule has 2 aromatic carbocycles. The normalized spacial score (nSPS) is 10.8. The number of nitrogens with two attached hydrogens (primary N) is 1. The van der Waals surface area contributed by atoms with E-state index in [9.17, 15) is 14.9 Å². The monoisotopic (exact) mass is 433 g/mol. The smallest absolute Gasteiger partial charge is 0.266 e. The molecule has 0 aliphatic carbocycles. The first kappa shape index (κ1) is 22.1. The molecule has 150 valence electrons. The van der Waals surface area contributed by atoms with Crippen molar-refractivity contribution in [3.63, 3.8) is 0 Å². The van der Waals surface area contributed by atoms with Crippen molar-refractivity contribution in [3.8, 4) is 17.6 Å². The number of halogens is 2. The number of ether oxygens (including phenoxy) is 2. The Morgan fingerprint density at radius 3 is 2.62 bits per heavy atom. The third kappa shape index (κ3) is 6.42. The van der Waals surface area contributed by atoms with E-state index < -0.39 is 11.8 Å². The fourth-order valence-electron chi connectivity index (χ4n) is 2.30. The maximum Gasteiger partial charge on any atom is 0.266 e. The third-order valence-corrected chi connectivity index (χ3v) is 3.96. The van der Waals surface area contributed by atoms with Crippen LogP contribution >= 0.6 is 23.2 Å². The first-order valence-corrected chi connectivity index (χ1v) is 9.15. The Bertz CT molecular complexity index is 1000. The number of primary amides is 1. The summed E-state index contributed by atoms with van der Waals surface area (Å²) >= 11 is 12.1. The van der Waals surface area contributed by atoms with Crippen molar-refractivity contribution in [3.05, 3.63) is 57.6 Å². The highest BCUT2D eigenvalue weighted by atomic mass is 35.5. The number of nitrogens with one attached hydrogen (secondary N) is 1. The summed E-state index contributed by atoms with van der Waals surface area (Å²) in [6.07, 6.45) is 1.35. The maximum absolute atomic E-state index is 12.4. The number of carbonyl (C=O) groups excluding carboxylic acids is 2. The topological polar surface area (TPSA) is 114 Å². The molecule has 0 atom stereocenters. The van der Waals surface area contributed by atoms with Crippen LogP contribution in [0.3, 0.4) is 0 Å². The minimum atomic E-state index is -0.669. The van der Waals surface area contributed by atoms with Crippen molar-refractivity contribution in [1.29, 1.82) is 5.26 Å². The minimum absolute atomic E-state index is 0.135. The van der Waals surface area contributed by atoms with Crippen molar-refractivity contribution >= 4 is 46.8 Å². The Morgan fingerprint density at radius 1 is 1.24 bits per heavy atom. The Kier molecular flexibility index (Phi) is 7.89. The van der Waals surface area contributed by atoms with Gasteiger partial charge in [-0.25, -0.2) is 0 Å². The summed E-state index contributed by atoms with van der Waals surface area (Å²) < 4.78 is 10.8. The van der Waals surface area contributed by atoms with Crippen molar-refractivity contribution in [2.75, 3.05) is 18.5 Å². The fourth-order valence-corrected chi connectivity index (χ4v) is 2.76. The van der Waals surface area contributed by atoms with Gasteiger partial charge in [0.25, 0.3) is 11.8 Å². The molecule has 3 N–H and O–H groups in total. The summed E-state index contributed by atoms with van der Waals surface area (Å²) in [4.78, 5) is 23.4. The minimum Gasteiger partial charge on any atom is -0.490 e. The molecule has 29 heavy (non-hydrogen) atoms. The standard InChI is InChI=1S/C20H17Cl2N3O4/c1-2-28-17-8-12(7-16(22)19(17)29-11-18(24)26)6-13(10-23)20(27)25-15-5-3-4-14(21)9-15/h3-9H,2,11H2,1H3,(H2,24,26)(H,25,27)/b13-6+. The molecule has 0 fully saturated rings. The lowest BCUT2D eigenvalue weighted by Crippen LogP contribution is -2.20. The van der Waals surface area contributed by atoms with E-state index in [1.165, 1.54) is 18.2 Å². The zero-order chi connectivity index (χ0) is 21.4. The number of hydrogen-bond donors (Lipinski definition) is 2. The second-order valence-electron chi connectivity index (χ2n) is 5.65.